The molecule has 1 aliphatic heterocycles. The number of fused-ring (bicyclic) bond motifs is 1. The minimum absolute atomic E-state index is 0.0904. The molecule has 2 aliphatic rings. The summed E-state index contributed by atoms with van der Waals surface area (Å²) < 4.78 is 1.84. The van der Waals surface area contributed by atoms with Crippen molar-refractivity contribution in [2.24, 2.45) is 0 Å². The SMILES string of the molecule is CCn1c(=O)[nH]c2cc(CN3CCN(c4ccc(C(=O)NC5CC5)nc4C)CC3)sc2c1=O. The van der Waals surface area contributed by atoms with Crippen molar-refractivity contribution in [3.8, 4) is 0 Å². The Labute approximate surface area is 195 Å². The first-order chi connectivity index (χ1) is 15.9. The van der Waals surface area contributed by atoms with Crippen molar-refractivity contribution in [3.63, 3.8) is 0 Å². The topological polar surface area (TPSA) is 103 Å². The summed E-state index contributed by atoms with van der Waals surface area (Å²) in [6.07, 6.45) is 2.12. The molecule has 5 rings (SSSR count). The molecule has 0 radical (unpaired) electrons. The Kier molecular flexibility index (Phi) is 5.79. The monoisotopic (exact) mass is 468 g/mol. The van der Waals surface area contributed by atoms with Crippen LogP contribution in [-0.2, 0) is 13.1 Å². The number of thiophene rings is 1. The highest BCUT2D eigenvalue weighted by atomic mass is 32.1. The van der Waals surface area contributed by atoms with Crippen LogP contribution in [0.1, 0.15) is 40.8 Å². The van der Waals surface area contributed by atoms with Crippen LogP contribution in [0.15, 0.2) is 27.8 Å². The second-order valence-corrected chi connectivity index (χ2v) is 9.88. The number of anilines is 1. The number of hydrogen-bond acceptors (Lipinski definition) is 7. The predicted molar refractivity (Wildman–Crippen MR) is 129 cm³/mol. The van der Waals surface area contributed by atoms with E-state index in [-0.39, 0.29) is 17.2 Å². The zero-order valence-electron chi connectivity index (χ0n) is 18.9. The number of pyridine rings is 1. The second kappa shape index (κ2) is 8.75. The van der Waals surface area contributed by atoms with E-state index in [1.165, 1.54) is 15.9 Å². The molecule has 1 saturated heterocycles. The van der Waals surface area contributed by atoms with Gasteiger partial charge in [-0.2, -0.15) is 0 Å². The number of hydrogen-bond donors (Lipinski definition) is 2. The number of carbonyl (C=O) groups excluding carboxylic acids is 1. The average Bonchev–Trinajstić information content (AvgIpc) is 3.52. The highest BCUT2D eigenvalue weighted by Crippen LogP contribution is 2.25. The van der Waals surface area contributed by atoms with Gasteiger partial charge in [0.1, 0.15) is 10.4 Å². The van der Waals surface area contributed by atoms with Gasteiger partial charge in [0.05, 0.1) is 16.9 Å². The number of H-pyrrole nitrogens is 1. The molecule has 10 heteroatoms. The molecule has 0 atom stereocenters. The first-order valence-electron chi connectivity index (χ1n) is 11.4. The van der Waals surface area contributed by atoms with Crippen molar-refractivity contribution in [2.75, 3.05) is 31.1 Å². The van der Waals surface area contributed by atoms with Crippen molar-refractivity contribution in [1.82, 2.24) is 24.8 Å². The number of aryl methyl sites for hydroxylation is 1. The normalized spacial score (nSPS) is 17.0. The summed E-state index contributed by atoms with van der Waals surface area (Å²) in [5.41, 5.74) is 2.47. The van der Waals surface area contributed by atoms with E-state index in [1.807, 2.05) is 25.1 Å². The van der Waals surface area contributed by atoms with Crippen LogP contribution in [0.5, 0.6) is 0 Å². The molecule has 174 valence electrons. The van der Waals surface area contributed by atoms with E-state index in [2.05, 4.69) is 25.1 Å². The van der Waals surface area contributed by atoms with Crippen LogP contribution in [0.4, 0.5) is 5.69 Å². The van der Waals surface area contributed by atoms with Gasteiger partial charge >= 0.3 is 5.69 Å². The Morgan fingerprint density at radius 2 is 1.97 bits per heavy atom. The van der Waals surface area contributed by atoms with E-state index < -0.39 is 0 Å². The first-order valence-corrected chi connectivity index (χ1v) is 12.3. The lowest BCUT2D eigenvalue weighted by atomic mass is 10.2. The molecule has 0 bridgehead atoms. The molecule has 1 aliphatic carbocycles. The van der Waals surface area contributed by atoms with Gasteiger partial charge in [-0.05, 0) is 44.9 Å². The van der Waals surface area contributed by atoms with Crippen LogP contribution in [-0.4, -0.2) is 57.6 Å². The molecule has 4 heterocycles. The lowest BCUT2D eigenvalue weighted by Gasteiger charge is -2.36. The van der Waals surface area contributed by atoms with E-state index in [0.717, 1.165) is 61.8 Å². The molecule has 3 aromatic rings. The molecule has 1 saturated carbocycles. The van der Waals surface area contributed by atoms with Crippen LogP contribution >= 0.6 is 11.3 Å². The number of aromatic nitrogens is 3. The van der Waals surface area contributed by atoms with Crippen molar-refractivity contribution < 1.29 is 4.79 Å². The molecule has 0 aromatic carbocycles. The summed E-state index contributed by atoms with van der Waals surface area (Å²) in [7, 11) is 0. The Bertz CT molecular complexity index is 1310. The minimum Gasteiger partial charge on any atom is -0.368 e. The smallest absolute Gasteiger partial charge is 0.328 e. The molecule has 0 spiro atoms. The highest BCUT2D eigenvalue weighted by Gasteiger charge is 2.25. The molecule has 33 heavy (non-hydrogen) atoms. The number of amides is 1. The molecular formula is C23H28N6O3S. The van der Waals surface area contributed by atoms with Crippen LogP contribution in [0.2, 0.25) is 0 Å². The summed E-state index contributed by atoms with van der Waals surface area (Å²) in [4.78, 5) is 50.0. The molecule has 9 nitrogen and oxygen atoms in total. The maximum Gasteiger partial charge on any atom is 0.328 e. The van der Waals surface area contributed by atoms with Gasteiger partial charge in [0.2, 0.25) is 0 Å². The molecule has 0 unspecified atom stereocenters. The number of nitrogens with one attached hydrogen (secondary N) is 2. The van der Waals surface area contributed by atoms with E-state index in [0.29, 0.717) is 28.5 Å². The maximum atomic E-state index is 12.5. The quantitative estimate of drug-likeness (QED) is 0.571. The van der Waals surface area contributed by atoms with Gasteiger partial charge in [-0.3, -0.25) is 19.1 Å². The van der Waals surface area contributed by atoms with Crippen LogP contribution in [0.3, 0.4) is 0 Å². The fraction of sp³-hybridized carbons (Fsp3) is 0.478. The number of piperazine rings is 1. The van der Waals surface area contributed by atoms with Gasteiger partial charge < -0.3 is 15.2 Å². The van der Waals surface area contributed by atoms with Gasteiger partial charge in [-0.25, -0.2) is 9.78 Å². The third-order valence-corrected chi connectivity index (χ3v) is 7.43. The summed E-state index contributed by atoms with van der Waals surface area (Å²) in [5, 5.41) is 2.99. The van der Waals surface area contributed by atoms with Gasteiger partial charge in [0.25, 0.3) is 11.5 Å². The Hall–Kier alpha value is -2.98. The Morgan fingerprint density at radius 1 is 1.21 bits per heavy atom. The number of carbonyl (C=O) groups is 1. The average molecular weight is 469 g/mol. The van der Waals surface area contributed by atoms with E-state index >= 15 is 0 Å². The third kappa shape index (κ3) is 4.45. The standard InChI is InChI=1S/C23H28N6O3S/c1-3-29-22(31)20-18(26-23(29)32)12-16(33-20)13-27-8-10-28(11-9-27)19-7-6-17(24-14(19)2)21(30)25-15-4-5-15/h6-7,12,15H,3-5,8-11,13H2,1-2H3,(H,25,30)(H,26,32). The van der Waals surface area contributed by atoms with Gasteiger partial charge in [0.15, 0.2) is 0 Å². The van der Waals surface area contributed by atoms with E-state index in [4.69, 9.17) is 0 Å². The predicted octanol–water partition coefficient (Wildman–Crippen LogP) is 1.69. The zero-order valence-corrected chi connectivity index (χ0v) is 19.7. The fourth-order valence-electron chi connectivity index (χ4n) is 4.33. The van der Waals surface area contributed by atoms with E-state index in [9.17, 15) is 14.4 Å². The van der Waals surface area contributed by atoms with Gasteiger partial charge in [-0.15, -0.1) is 11.3 Å². The van der Waals surface area contributed by atoms with Crippen molar-refractivity contribution in [3.05, 3.63) is 55.3 Å². The molecule has 2 N–H and O–H groups in total. The number of aromatic amines is 1. The fourth-order valence-corrected chi connectivity index (χ4v) is 5.43. The molecule has 2 fully saturated rings. The molecular weight excluding hydrogens is 440 g/mol. The maximum absolute atomic E-state index is 12.5. The Morgan fingerprint density at radius 3 is 2.64 bits per heavy atom. The van der Waals surface area contributed by atoms with Crippen LogP contribution < -0.4 is 21.5 Å². The summed E-state index contributed by atoms with van der Waals surface area (Å²) >= 11 is 1.46. The van der Waals surface area contributed by atoms with E-state index in [1.54, 1.807) is 6.92 Å². The highest BCUT2D eigenvalue weighted by molar-refractivity contribution is 7.18. The third-order valence-electron chi connectivity index (χ3n) is 6.32. The summed E-state index contributed by atoms with van der Waals surface area (Å²) in [6.45, 7) is 8.35. The zero-order chi connectivity index (χ0) is 23.1. The lowest BCUT2D eigenvalue weighted by Crippen LogP contribution is -2.46. The number of rotatable bonds is 6. The van der Waals surface area contributed by atoms with Crippen LogP contribution in [0, 0.1) is 6.92 Å². The lowest BCUT2D eigenvalue weighted by molar-refractivity contribution is 0.0946. The number of nitrogens with zero attached hydrogens (tertiary/aromatic N) is 4. The minimum atomic E-state index is -0.354. The first kappa shape index (κ1) is 21.8. The summed E-state index contributed by atoms with van der Waals surface area (Å²) in [6, 6.07) is 6.06. The molecule has 3 aromatic heterocycles. The summed E-state index contributed by atoms with van der Waals surface area (Å²) in [5.74, 6) is -0.0904. The van der Waals surface area contributed by atoms with Gasteiger partial charge in [-0.1, -0.05) is 0 Å². The second-order valence-electron chi connectivity index (χ2n) is 8.75. The Balaban J connectivity index is 1.23. The van der Waals surface area contributed by atoms with Crippen molar-refractivity contribution in [2.45, 2.75) is 45.8 Å². The largest absolute Gasteiger partial charge is 0.368 e. The van der Waals surface area contributed by atoms with Gasteiger partial charge in [0, 0.05) is 50.2 Å². The van der Waals surface area contributed by atoms with Crippen molar-refractivity contribution in [1.29, 1.82) is 0 Å². The van der Waals surface area contributed by atoms with Crippen LogP contribution in [0.25, 0.3) is 10.2 Å². The molecule has 1 amide bonds. The van der Waals surface area contributed by atoms with Crippen molar-refractivity contribution >= 4 is 33.1 Å².